The van der Waals surface area contributed by atoms with Crippen molar-refractivity contribution in [2.24, 2.45) is 0 Å². The molecule has 10 rings (SSSR count). The van der Waals surface area contributed by atoms with E-state index in [0.29, 0.717) is 0 Å². The first-order valence-corrected chi connectivity index (χ1v) is 19.8. The van der Waals surface area contributed by atoms with E-state index < -0.39 is 0 Å². The maximum absolute atomic E-state index is 5.34. The highest BCUT2D eigenvalue weighted by atomic mass is 15.0. The Morgan fingerprint density at radius 3 is 1.54 bits per heavy atom. The van der Waals surface area contributed by atoms with Crippen LogP contribution in [0.1, 0.15) is 25.1 Å². The number of aromatic nitrogens is 3. The zero-order valence-electron chi connectivity index (χ0n) is 32.1. The van der Waals surface area contributed by atoms with Gasteiger partial charge >= 0.3 is 0 Å². The van der Waals surface area contributed by atoms with Gasteiger partial charge in [-0.15, -0.1) is 0 Å². The Hall–Kier alpha value is -7.23. The van der Waals surface area contributed by atoms with Gasteiger partial charge in [0.15, 0.2) is 0 Å². The lowest BCUT2D eigenvalue weighted by Crippen LogP contribution is -2.03. The molecule has 0 radical (unpaired) electrons. The van der Waals surface area contributed by atoms with E-state index in [1.54, 1.807) is 0 Å². The molecule has 0 spiro atoms. The number of para-hydroxylation sites is 3. The second kappa shape index (κ2) is 14.4. The van der Waals surface area contributed by atoms with Crippen molar-refractivity contribution in [3.05, 3.63) is 205 Å². The van der Waals surface area contributed by atoms with Crippen LogP contribution in [0, 0.1) is 0 Å². The lowest BCUT2D eigenvalue weighted by Gasteiger charge is -2.18. The van der Waals surface area contributed by atoms with E-state index in [4.69, 9.17) is 4.98 Å². The zero-order chi connectivity index (χ0) is 38.3. The van der Waals surface area contributed by atoms with E-state index in [0.717, 1.165) is 51.4 Å². The summed E-state index contributed by atoms with van der Waals surface area (Å²) in [6, 6.07) is 67.8. The Morgan fingerprint density at radius 1 is 0.421 bits per heavy atom. The van der Waals surface area contributed by atoms with Gasteiger partial charge in [0.05, 0.1) is 27.9 Å². The number of pyridine rings is 1. The van der Waals surface area contributed by atoms with Crippen LogP contribution in [0.3, 0.4) is 0 Å². The normalized spacial score (nSPS) is 11.7. The van der Waals surface area contributed by atoms with Crippen molar-refractivity contribution in [3.63, 3.8) is 0 Å². The lowest BCUT2D eigenvalue weighted by molar-refractivity contribution is 0.955. The first kappa shape index (κ1) is 34.3. The molecule has 3 nitrogen and oxygen atoms in total. The molecule has 272 valence electrons. The summed E-state index contributed by atoms with van der Waals surface area (Å²) >= 11 is 0. The minimum Gasteiger partial charge on any atom is -0.313 e. The van der Waals surface area contributed by atoms with Crippen molar-refractivity contribution < 1.29 is 0 Å². The van der Waals surface area contributed by atoms with Gasteiger partial charge < -0.3 is 9.13 Å². The standard InChI is InChI=1S/C54H41N3/c1-3-18-45-46-25-11-14-28-52(46)56(51(45)4-2)43-32-41(33-44(36-43)57-53-29-15-12-26-47(53)48-27-13-16-30-54(48)57)42-34-49(38-21-9-6-10-22-38)55-50(35-42)40-24-17-23-39(31-40)37-19-7-5-8-20-37/h3,5-36H,4H2,1-2H3/b18-3-. The van der Waals surface area contributed by atoms with E-state index in [-0.39, 0.29) is 0 Å². The first-order chi connectivity index (χ1) is 28.2. The molecule has 0 amide bonds. The molecule has 10 aromatic rings. The molecule has 3 heterocycles. The number of fused-ring (bicyclic) bond motifs is 4. The maximum Gasteiger partial charge on any atom is 0.0715 e. The molecule has 0 saturated carbocycles. The summed E-state index contributed by atoms with van der Waals surface area (Å²) in [4.78, 5) is 5.34. The molecule has 7 aromatic carbocycles. The summed E-state index contributed by atoms with van der Waals surface area (Å²) in [7, 11) is 0. The third-order valence-electron chi connectivity index (χ3n) is 11.2. The van der Waals surface area contributed by atoms with Gasteiger partial charge in [0.1, 0.15) is 0 Å². The van der Waals surface area contributed by atoms with Crippen molar-refractivity contribution in [2.45, 2.75) is 20.3 Å². The van der Waals surface area contributed by atoms with Gasteiger partial charge in [-0.25, -0.2) is 4.98 Å². The lowest BCUT2D eigenvalue weighted by atomic mass is 9.97. The fraction of sp³-hybridized carbons (Fsp3) is 0.0556. The van der Waals surface area contributed by atoms with Gasteiger partial charge in [0.25, 0.3) is 0 Å². The first-order valence-electron chi connectivity index (χ1n) is 19.8. The van der Waals surface area contributed by atoms with Crippen molar-refractivity contribution in [1.82, 2.24) is 14.1 Å². The van der Waals surface area contributed by atoms with Crippen molar-refractivity contribution in [2.75, 3.05) is 0 Å². The number of nitrogens with zero attached hydrogens (tertiary/aromatic N) is 3. The summed E-state index contributed by atoms with van der Waals surface area (Å²) in [6.45, 7) is 4.37. The minimum atomic E-state index is 0.888. The Kier molecular flexibility index (Phi) is 8.69. The molecule has 0 atom stereocenters. The third-order valence-corrected chi connectivity index (χ3v) is 11.2. The van der Waals surface area contributed by atoms with E-state index in [9.17, 15) is 0 Å². The maximum atomic E-state index is 5.34. The molecule has 0 unspecified atom stereocenters. The summed E-state index contributed by atoms with van der Waals surface area (Å²) < 4.78 is 4.92. The van der Waals surface area contributed by atoms with Crippen molar-refractivity contribution in [1.29, 1.82) is 0 Å². The number of hydrogen-bond donors (Lipinski definition) is 0. The smallest absolute Gasteiger partial charge is 0.0715 e. The van der Waals surface area contributed by atoms with E-state index in [1.165, 1.54) is 55.1 Å². The average Bonchev–Trinajstić information content (AvgIpc) is 3.79. The van der Waals surface area contributed by atoms with Gasteiger partial charge in [-0.2, -0.15) is 0 Å². The van der Waals surface area contributed by atoms with Gasteiger partial charge in [-0.1, -0.05) is 153 Å². The molecule has 0 saturated heterocycles. The quantitative estimate of drug-likeness (QED) is 0.153. The van der Waals surface area contributed by atoms with E-state index in [1.807, 2.05) is 0 Å². The SMILES string of the molecule is C/C=C\c1c(CC)n(-c2cc(-c3cc(-c4ccccc4)nc(-c4cccc(-c5ccccc5)c4)c3)cc(-n3c4ccccc4c4ccccc43)c2)c2ccccc12. The second-order valence-corrected chi connectivity index (χ2v) is 14.6. The predicted molar refractivity (Wildman–Crippen MR) is 241 cm³/mol. The Morgan fingerprint density at radius 2 is 0.912 bits per heavy atom. The summed E-state index contributed by atoms with van der Waals surface area (Å²) in [5, 5.41) is 3.74. The van der Waals surface area contributed by atoms with Crippen LogP contribution >= 0.6 is 0 Å². The average molecular weight is 732 g/mol. The minimum absolute atomic E-state index is 0.888. The molecule has 0 bridgehead atoms. The van der Waals surface area contributed by atoms with Gasteiger partial charge in [0.2, 0.25) is 0 Å². The summed E-state index contributed by atoms with van der Waals surface area (Å²) in [5.41, 5.74) is 17.0. The highest BCUT2D eigenvalue weighted by Gasteiger charge is 2.20. The molecule has 0 N–H and O–H groups in total. The summed E-state index contributed by atoms with van der Waals surface area (Å²) in [5.74, 6) is 0. The third kappa shape index (κ3) is 6.05. The Labute approximate surface area is 333 Å². The van der Waals surface area contributed by atoms with Crippen LogP contribution in [-0.2, 0) is 6.42 Å². The van der Waals surface area contributed by atoms with Gasteiger partial charge in [-0.3, -0.25) is 0 Å². The second-order valence-electron chi connectivity index (χ2n) is 14.6. The van der Waals surface area contributed by atoms with E-state index in [2.05, 4.69) is 223 Å². The van der Waals surface area contributed by atoms with Crippen molar-refractivity contribution in [3.8, 4) is 56.1 Å². The monoisotopic (exact) mass is 731 g/mol. The number of hydrogen-bond acceptors (Lipinski definition) is 1. The fourth-order valence-electron chi connectivity index (χ4n) is 8.63. The topological polar surface area (TPSA) is 22.8 Å². The molecule has 0 aliphatic heterocycles. The zero-order valence-corrected chi connectivity index (χ0v) is 32.1. The molecule has 57 heavy (non-hydrogen) atoms. The molecular formula is C54H41N3. The van der Waals surface area contributed by atoms with Crippen molar-refractivity contribution >= 4 is 38.8 Å². The van der Waals surface area contributed by atoms with Crippen LogP contribution in [-0.4, -0.2) is 14.1 Å². The Balaban J connectivity index is 1.27. The van der Waals surface area contributed by atoms with Crippen LogP contribution in [0.15, 0.2) is 194 Å². The number of allylic oxidation sites excluding steroid dienone is 1. The molecule has 0 aliphatic rings. The van der Waals surface area contributed by atoms with Gasteiger partial charge in [-0.05, 0) is 90.2 Å². The molecule has 3 heteroatoms. The molecule has 0 aliphatic carbocycles. The largest absolute Gasteiger partial charge is 0.313 e. The molecule has 0 fully saturated rings. The molecule has 3 aromatic heterocycles. The van der Waals surface area contributed by atoms with Gasteiger partial charge in [0, 0.05) is 49.9 Å². The van der Waals surface area contributed by atoms with Crippen LogP contribution in [0.25, 0.3) is 94.9 Å². The van der Waals surface area contributed by atoms with E-state index >= 15 is 0 Å². The number of rotatable bonds is 8. The van der Waals surface area contributed by atoms with Crippen LogP contribution < -0.4 is 0 Å². The molecular weight excluding hydrogens is 691 g/mol. The predicted octanol–water partition coefficient (Wildman–Crippen LogP) is 14.4. The highest BCUT2D eigenvalue weighted by Crippen LogP contribution is 2.39. The highest BCUT2D eigenvalue weighted by molar-refractivity contribution is 6.09. The van der Waals surface area contributed by atoms with Crippen LogP contribution in [0.4, 0.5) is 0 Å². The Bertz CT molecular complexity index is 3060. The fourth-order valence-corrected chi connectivity index (χ4v) is 8.63. The number of benzene rings is 7. The van der Waals surface area contributed by atoms with Crippen LogP contribution in [0.2, 0.25) is 0 Å². The summed E-state index contributed by atoms with van der Waals surface area (Å²) in [6.07, 6.45) is 5.31. The van der Waals surface area contributed by atoms with Crippen LogP contribution in [0.5, 0.6) is 0 Å².